The van der Waals surface area contributed by atoms with E-state index in [1.54, 1.807) is 50.6 Å². The molecule has 8 nitrogen and oxygen atoms in total. The third-order valence-corrected chi connectivity index (χ3v) is 4.27. The molecule has 0 aliphatic heterocycles. The summed E-state index contributed by atoms with van der Waals surface area (Å²) in [5.41, 5.74) is 1.24. The Kier molecular flexibility index (Phi) is 9.90. The van der Waals surface area contributed by atoms with Gasteiger partial charge in [0, 0.05) is 11.1 Å². The van der Waals surface area contributed by atoms with Crippen molar-refractivity contribution in [1.29, 1.82) is 10.8 Å². The predicted octanol–water partition coefficient (Wildman–Crippen LogP) is 4.44. The maximum atomic E-state index is 7.87. The Morgan fingerprint density at radius 2 is 1.09 bits per heavy atom. The van der Waals surface area contributed by atoms with Gasteiger partial charge in [-0.15, -0.1) is 0 Å². The average molecular weight is 443 g/mol. The Morgan fingerprint density at radius 3 is 1.44 bits per heavy atom. The molecule has 0 heterocycles. The van der Waals surface area contributed by atoms with Crippen LogP contribution >= 0.6 is 0 Å². The van der Waals surface area contributed by atoms with Crippen LogP contribution in [0.3, 0.4) is 0 Å². The van der Waals surface area contributed by atoms with Crippen molar-refractivity contribution in [2.75, 3.05) is 40.6 Å². The highest BCUT2D eigenvalue weighted by molar-refractivity contribution is 5.92. The van der Waals surface area contributed by atoms with E-state index in [1.165, 1.54) is 0 Å². The van der Waals surface area contributed by atoms with Crippen LogP contribution in [0.4, 0.5) is 0 Å². The zero-order valence-corrected chi connectivity index (χ0v) is 18.9. The van der Waals surface area contributed by atoms with Crippen LogP contribution in [0.2, 0.25) is 0 Å². The van der Waals surface area contributed by atoms with Gasteiger partial charge in [-0.25, -0.2) is 0 Å². The molecule has 0 amide bonds. The molecule has 0 aromatic heterocycles. The average Bonchev–Trinajstić information content (AvgIpc) is 2.81. The third kappa shape index (κ3) is 6.94. The lowest BCUT2D eigenvalue weighted by atomic mass is 10.2. The maximum Gasteiger partial charge on any atom is 0.213 e. The number of rotatable bonds is 12. The first-order chi connectivity index (χ1) is 15.5. The SMILES string of the molecule is CCOC(=N)c1ccc(OC/C=C/COc2ccc(C(=N)OCC)cc2OC)c(OC)c1. The van der Waals surface area contributed by atoms with Crippen LogP contribution < -0.4 is 18.9 Å². The van der Waals surface area contributed by atoms with Crippen molar-refractivity contribution < 1.29 is 28.4 Å². The second-order valence-electron chi connectivity index (χ2n) is 6.35. The lowest BCUT2D eigenvalue weighted by molar-refractivity contribution is 0.315. The van der Waals surface area contributed by atoms with Crippen molar-refractivity contribution in [1.82, 2.24) is 0 Å². The molecule has 2 aromatic carbocycles. The maximum absolute atomic E-state index is 7.87. The molecule has 0 radical (unpaired) electrons. The smallest absolute Gasteiger partial charge is 0.213 e. The molecule has 32 heavy (non-hydrogen) atoms. The zero-order chi connectivity index (χ0) is 23.3. The molecule has 0 unspecified atom stereocenters. The number of benzene rings is 2. The summed E-state index contributed by atoms with van der Waals surface area (Å²) in [7, 11) is 3.10. The Morgan fingerprint density at radius 1 is 0.688 bits per heavy atom. The number of hydrogen-bond acceptors (Lipinski definition) is 8. The third-order valence-electron chi connectivity index (χ3n) is 4.27. The fraction of sp³-hybridized carbons (Fsp3) is 0.333. The van der Waals surface area contributed by atoms with Gasteiger partial charge in [-0.2, -0.15) is 0 Å². The summed E-state index contributed by atoms with van der Waals surface area (Å²) in [6.45, 7) is 5.17. The largest absolute Gasteiger partial charge is 0.493 e. The standard InChI is InChI=1S/C24H30N2O6/c1-5-29-23(25)17-9-11-19(21(15-17)27-3)31-13-7-8-14-32-20-12-10-18(16-22(20)28-4)24(26)30-6-2/h7-12,15-16,25-26H,5-6,13-14H2,1-4H3/b8-7+,25-23?,26-24?. The van der Waals surface area contributed by atoms with Crippen LogP contribution in [0, 0.1) is 10.8 Å². The van der Waals surface area contributed by atoms with Crippen molar-refractivity contribution in [3.05, 3.63) is 59.7 Å². The van der Waals surface area contributed by atoms with Gasteiger partial charge in [0.05, 0.1) is 27.4 Å². The van der Waals surface area contributed by atoms with Crippen molar-refractivity contribution in [3.63, 3.8) is 0 Å². The van der Waals surface area contributed by atoms with Gasteiger partial charge in [0.1, 0.15) is 13.2 Å². The minimum Gasteiger partial charge on any atom is -0.493 e. The van der Waals surface area contributed by atoms with E-state index in [0.29, 0.717) is 60.6 Å². The van der Waals surface area contributed by atoms with Crippen LogP contribution in [-0.2, 0) is 9.47 Å². The summed E-state index contributed by atoms with van der Waals surface area (Å²) in [6.07, 6.45) is 3.67. The Bertz CT molecular complexity index is 867. The minimum absolute atomic E-state index is 0.0904. The summed E-state index contributed by atoms with van der Waals surface area (Å²) in [5.74, 6) is 2.37. The van der Waals surface area contributed by atoms with Gasteiger partial charge in [0.2, 0.25) is 11.8 Å². The molecule has 0 fully saturated rings. The van der Waals surface area contributed by atoms with E-state index in [9.17, 15) is 0 Å². The van der Waals surface area contributed by atoms with E-state index >= 15 is 0 Å². The van der Waals surface area contributed by atoms with Crippen molar-refractivity contribution in [2.45, 2.75) is 13.8 Å². The van der Waals surface area contributed by atoms with Gasteiger partial charge in [0.25, 0.3) is 0 Å². The molecule has 0 aliphatic carbocycles. The highest BCUT2D eigenvalue weighted by Crippen LogP contribution is 2.29. The fourth-order valence-electron chi connectivity index (χ4n) is 2.72. The van der Waals surface area contributed by atoms with Gasteiger partial charge in [0.15, 0.2) is 23.0 Å². The van der Waals surface area contributed by atoms with Gasteiger partial charge in [-0.1, -0.05) is 0 Å². The molecular weight excluding hydrogens is 412 g/mol. The minimum atomic E-state index is 0.0904. The van der Waals surface area contributed by atoms with Crippen LogP contribution in [0.1, 0.15) is 25.0 Å². The molecule has 8 heteroatoms. The molecular formula is C24H30N2O6. The number of hydrogen-bond donors (Lipinski definition) is 2. The summed E-state index contributed by atoms with van der Waals surface area (Å²) in [4.78, 5) is 0. The second kappa shape index (κ2) is 12.9. The highest BCUT2D eigenvalue weighted by Gasteiger charge is 2.10. The molecule has 0 spiro atoms. The summed E-state index contributed by atoms with van der Waals surface area (Å²) < 4.78 is 32.6. The van der Waals surface area contributed by atoms with E-state index in [1.807, 2.05) is 26.0 Å². The summed E-state index contributed by atoms with van der Waals surface area (Å²) >= 11 is 0. The van der Waals surface area contributed by atoms with Crippen molar-refractivity contribution in [3.8, 4) is 23.0 Å². The molecule has 2 aromatic rings. The van der Waals surface area contributed by atoms with Gasteiger partial charge in [-0.3, -0.25) is 10.8 Å². The van der Waals surface area contributed by atoms with Crippen molar-refractivity contribution >= 4 is 11.8 Å². The first-order valence-electron chi connectivity index (χ1n) is 10.2. The van der Waals surface area contributed by atoms with Gasteiger partial charge in [-0.05, 0) is 62.4 Å². The predicted molar refractivity (Wildman–Crippen MR) is 123 cm³/mol. The molecule has 0 saturated carbocycles. The Hall–Kier alpha value is -3.68. The first-order valence-corrected chi connectivity index (χ1v) is 10.2. The zero-order valence-electron chi connectivity index (χ0n) is 18.9. The fourth-order valence-corrected chi connectivity index (χ4v) is 2.72. The molecule has 0 bridgehead atoms. The topological polar surface area (TPSA) is 103 Å². The van der Waals surface area contributed by atoms with E-state index in [2.05, 4.69) is 0 Å². The normalized spacial score (nSPS) is 10.5. The first kappa shape index (κ1) is 24.6. The quantitative estimate of drug-likeness (QED) is 0.286. The number of ether oxygens (including phenoxy) is 6. The number of nitrogens with one attached hydrogen (secondary N) is 2. The number of methoxy groups -OCH3 is 2. The summed E-state index contributed by atoms with van der Waals surface area (Å²) in [5, 5.41) is 15.7. The summed E-state index contributed by atoms with van der Waals surface area (Å²) in [6, 6.07) is 10.4. The van der Waals surface area contributed by atoms with Crippen LogP contribution in [-0.4, -0.2) is 52.4 Å². The molecule has 0 saturated heterocycles. The van der Waals surface area contributed by atoms with Crippen LogP contribution in [0.15, 0.2) is 48.6 Å². The van der Waals surface area contributed by atoms with E-state index in [-0.39, 0.29) is 11.8 Å². The van der Waals surface area contributed by atoms with E-state index < -0.39 is 0 Å². The lowest BCUT2D eigenvalue weighted by Crippen LogP contribution is -2.06. The van der Waals surface area contributed by atoms with E-state index in [0.717, 1.165) is 0 Å². The second-order valence-corrected chi connectivity index (χ2v) is 6.35. The lowest BCUT2D eigenvalue weighted by Gasteiger charge is -2.12. The molecule has 0 atom stereocenters. The molecule has 0 aliphatic rings. The van der Waals surface area contributed by atoms with Gasteiger partial charge < -0.3 is 28.4 Å². The Labute approximate surface area is 188 Å². The highest BCUT2D eigenvalue weighted by atomic mass is 16.5. The monoisotopic (exact) mass is 442 g/mol. The van der Waals surface area contributed by atoms with Gasteiger partial charge >= 0.3 is 0 Å². The molecule has 2 N–H and O–H groups in total. The van der Waals surface area contributed by atoms with Crippen LogP contribution in [0.25, 0.3) is 0 Å². The molecule has 172 valence electrons. The van der Waals surface area contributed by atoms with E-state index in [4.69, 9.17) is 39.2 Å². The van der Waals surface area contributed by atoms with Crippen molar-refractivity contribution in [2.24, 2.45) is 0 Å². The van der Waals surface area contributed by atoms with Crippen LogP contribution in [0.5, 0.6) is 23.0 Å². The molecule has 2 rings (SSSR count). The Balaban J connectivity index is 1.89.